The number of benzene rings is 1. The number of ether oxygens (including phenoxy) is 1. The second-order valence-electron chi connectivity index (χ2n) is 4.32. The molecule has 118 valence electrons. The lowest BCUT2D eigenvalue weighted by atomic mass is 10.1. The Hall–Kier alpha value is -2.74. The van der Waals surface area contributed by atoms with Crippen LogP contribution in [-0.2, 0) is 0 Å². The third-order valence-electron chi connectivity index (χ3n) is 2.76. The number of hydrogen-bond acceptors (Lipinski definition) is 6. The van der Waals surface area contributed by atoms with Gasteiger partial charge in [-0.25, -0.2) is 9.97 Å². The minimum atomic E-state index is -2.86. The molecule has 0 amide bonds. The summed E-state index contributed by atoms with van der Waals surface area (Å²) in [7, 11) is 0. The summed E-state index contributed by atoms with van der Waals surface area (Å²) in [5.41, 5.74) is 1.21. The van der Waals surface area contributed by atoms with Gasteiger partial charge in [0.15, 0.2) is 0 Å². The lowest BCUT2D eigenvalue weighted by Gasteiger charge is -2.04. The van der Waals surface area contributed by atoms with Gasteiger partial charge in [-0.05, 0) is 41.9 Å². The zero-order valence-electron chi connectivity index (χ0n) is 11.4. The zero-order valence-corrected chi connectivity index (χ0v) is 12.2. The first-order valence-electron chi connectivity index (χ1n) is 6.38. The molecule has 2 heterocycles. The van der Waals surface area contributed by atoms with E-state index >= 15 is 0 Å². The molecule has 1 aromatic carbocycles. The van der Waals surface area contributed by atoms with Gasteiger partial charge in [-0.1, -0.05) is 5.16 Å². The van der Waals surface area contributed by atoms with Crippen molar-refractivity contribution in [1.29, 1.82) is 0 Å². The highest BCUT2D eigenvalue weighted by Gasteiger charge is 2.09. The highest BCUT2D eigenvalue weighted by molar-refractivity contribution is 6.28. The van der Waals surface area contributed by atoms with Crippen molar-refractivity contribution in [2.75, 3.05) is 5.32 Å². The van der Waals surface area contributed by atoms with E-state index in [4.69, 9.17) is 16.1 Å². The third-order valence-corrected chi connectivity index (χ3v) is 2.94. The predicted molar refractivity (Wildman–Crippen MR) is 78.9 cm³/mol. The minimum absolute atomic E-state index is 0.0706. The number of aromatic nitrogens is 3. The SMILES string of the molecule is FC(F)Oc1ccc(-c2cc(Nc3ccnc(Cl)n3)on2)cc1. The van der Waals surface area contributed by atoms with Crippen molar-refractivity contribution in [1.82, 2.24) is 15.1 Å². The molecular weight excluding hydrogens is 330 g/mol. The van der Waals surface area contributed by atoms with Crippen molar-refractivity contribution >= 4 is 23.3 Å². The molecule has 0 aliphatic heterocycles. The van der Waals surface area contributed by atoms with Crippen LogP contribution in [0.2, 0.25) is 5.28 Å². The summed E-state index contributed by atoms with van der Waals surface area (Å²) in [5.74, 6) is 0.872. The first-order valence-corrected chi connectivity index (χ1v) is 6.75. The van der Waals surface area contributed by atoms with Gasteiger partial charge in [0, 0.05) is 17.8 Å². The van der Waals surface area contributed by atoms with Crippen molar-refractivity contribution in [2.24, 2.45) is 0 Å². The van der Waals surface area contributed by atoms with Crippen LogP contribution in [0.1, 0.15) is 0 Å². The Morgan fingerprint density at radius 3 is 2.65 bits per heavy atom. The summed E-state index contributed by atoms with van der Waals surface area (Å²) in [6.07, 6.45) is 1.50. The molecule has 0 radical (unpaired) electrons. The van der Waals surface area contributed by atoms with Crippen LogP contribution < -0.4 is 10.1 Å². The molecule has 0 bridgehead atoms. The molecular formula is C14H9ClF2N4O2. The van der Waals surface area contributed by atoms with Crippen molar-refractivity contribution in [3.63, 3.8) is 0 Å². The molecule has 3 aromatic rings. The molecule has 0 saturated carbocycles. The average molecular weight is 339 g/mol. The monoisotopic (exact) mass is 338 g/mol. The molecule has 1 N–H and O–H groups in total. The number of anilines is 2. The normalized spacial score (nSPS) is 10.8. The van der Waals surface area contributed by atoms with Crippen LogP contribution in [0.15, 0.2) is 47.1 Å². The predicted octanol–water partition coefficient (Wildman–Crippen LogP) is 4.13. The van der Waals surface area contributed by atoms with Crippen molar-refractivity contribution < 1.29 is 18.0 Å². The second kappa shape index (κ2) is 6.57. The highest BCUT2D eigenvalue weighted by atomic mass is 35.5. The van der Waals surface area contributed by atoms with Crippen LogP contribution in [0.25, 0.3) is 11.3 Å². The standard InChI is InChI=1S/C14H9ClF2N4O2/c15-13-18-6-5-11(20-13)19-12-7-10(21-23-12)8-1-3-9(4-2-8)22-14(16)17/h1-7,14H,(H,18,19,20). The molecule has 6 nitrogen and oxygen atoms in total. The quantitative estimate of drug-likeness (QED) is 0.705. The third kappa shape index (κ3) is 3.92. The van der Waals surface area contributed by atoms with Gasteiger partial charge in [-0.2, -0.15) is 8.78 Å². The van der Waals surface area contributed by atoms with Gasteiger partial charge in [0.1, 0.15) is 17.3 Å². The highest BCUT2D eigenvalue weighted by Crippen LogP contribution is 2.26. The molecule has 0 spiro atoms. The number of halogens is 3. The van der Waals surface area contributed by atoms with Crippen molar-refractivity contribution in [2.45, 2.75) is 6.61 Å². The maximum Gasteiger partial charge on any atom is 0.387 e. The number of rotatable bonds is 5. The van der Waals surface area contributed by atoms with Gasteiger partial charge in [0.05, 0.1) is 0 Å². The summed E-state index contributed by atoms with van der Waals surface area (Å²) in [6, 6.07) is 9.30. The number of nitrogens with one attached hydrogen (secondary N) is 1. The smallest absolute Gasteiger partial charge is 0.387 e. The molecule has 0 unspecified atom stereocenters. The molecule has 0 aliphatic carbocycles. The molecule has 0 atom stereocenters. The average Bonchev–Trinajstić information content (AvgIpc) is 2.96. The Morgan fingerprint density at radius 1 is 1.17 bits per heavy atom. The van der Waals surface area contributed by atoms with Gasteiger partial charge in [0.2, 0.25) is 11.2 Å². The van der Waals surface area contributed by atoms with Gasteiger partial charge in [0.25, 0.3) is 0 Å². The van der Waals surface area contributed by atoms with Crippen LogP contribution in [-0.4, -0.2) is 21.7 Å². The van der Waals surface area contributed by atoms with Crippen LogP contribution in [0, 0.1) is 0 Å². The number of hydrogen-bond donors (Lipinski definition) is 1. The largest absolute Gasteiger partial charge is 0.435 e. The molecule has 9 heteroatoms. The summed E-state index contributed by atoms with van der Waals surface area (Å²) >= 11 is 5.69. The van der Waals surface area contributed by atoms with Gasteiger partial charge in [-0.15, -0.1) is 0 Å². The fraction of sp³-hybridized carbons (Fsp3) is 0.0714. The summed E-state index contributed by atoms with van der Waals surface area (Å²) in [6.45, 7) is -2.86. The Balaban J connectivity index is 1.73. The fourth-order valence-corrected chi connectivity index (χ4v) is 1.96. The van der Waals surface area contributed by atoms with E-state index in [0.29, 0.717) is 23.0 Å². The second-order valence-corrected chi connectivity index (χ2v) is 4.65. The molecule has 0 aliphatic rings. The topological polar surface area (TPSA) is 73.1 Å². The lowest BCUT2D eigenvalue weighted by molar-refractivity contribution is -0.0498. The summed E-state index contributed by atoms with van der Waals surface area (Å²) in [4.78, 5) is 7.72. The zero-order chi connectivity index (χ0) is 16.2. The Morgan fingerprint density at radius 2 is 1.96 bits per heavy atom. The van der Waals surface area contributed by atoms with E-state index < -0.39 is 6.61 Å². The number of alkyl halides is 2. The molecule has 2 aromatic heterocycles. The van der Waals surface area contributed by atoms with E-state index in [-0.39, 0.29) is 11.0 Å². The van der Waals surface area contributed by atoms with E-state index in [9.17, 15) is 8.78 Å². The van der Waals surface area contributed by atoms with Gasteiger partial charge >= 0.3 is 6.61 Å². The molecule has 23 heavy (non-hydrogen) atoms. The van der Waals surface area contributed by atoms with E-state index in [2.05, 4.69) is 25.2 Å². The molecule has 3 rings (SSSR count). The minimum Gasteiger partial charge on any atom is -0.435 e. The van der Waals surface area contributed by atoms with Crippen molar-refractivity contribution in [3.05, 3.63) is 47.9 Å². The van der Waals surface area contributed by atoms with E-state index in [0.717, 1.165) is 0 Å². The lowest BCUT2D eigenvalue weighted by Crippen LogP contribution is -2.01. The first kappa shape index (κ1) is 15.2. The maximum absolute atomic E-state index is 12.1. The van der Waals surface area contributed by atoms with E-state index in [1.54, 1.807) is 24.3 Å². The summed E-state index contributed by atoms with van der Waals surface area (Å²) in [5, 5.41) is 6.88. The van der Waals surface area contributed by atoms with E-state index in [1.807, 2.05) is 0 Å². The summed E-state index contributed by atoms with van der Waals surface area (Å²) < 4.78 is 33.6. The first-order chi connectivity index (χ1) is 11.1. The molecule has 0 saturated heterocycles. The maximum atomic E-state index is 12.1. The van der Waals surface area contributed by atoms with Gasteiger partial charge < -0.3 is 14.6 Å². The van der Waals surface area contributed by atoms with E-state index in [1.165, 1.54) is 18.3 Å². The number of nitrogens with zero attached hydrogens (tertiary/aromatic N) is 3. The van der Waals surface area contributed by atoms with Crippen LogP contribution >= 0.6 is 11.6 Å². The van der Waals surface area contributed by atoms with Crippen molar-refractivity contribution in [3.8, 4) is 17.0 Å². The Kier molecular flexibility index (Phi) is 4.33. The Labute approximate surface area is 134 Å². The van der Waals surface area contributed by atoms with Crippen LogP contribution in [0.3, 0.4) is 0 Å². The van der Waals surface area contributed by atoms with Gasteiger partial charge in [-0.3, -0.25) is 0 Å². The Bertz CT molecular complexity index is 795. The van der Waals surface area contributed by atoms with Crippen LogP contribution in [0.4, 0.5) is 20.5 Å². The fourth-order valence-electron chi connectivity index (χ4n) is 1.81. The molecule has 0 fully saturated rings. The van der Waals surface area contributed by atoms with Crippen LogP contribution in [0.5, 0.6) is 5.75 Å².